The Balaban J connectivity index is 2.39. The molecule has 0 radical (unpaired) electrons. The Morgan fingerprint density at radius 3 is 2.68 bits per heavy atom. The van der Waals surface area contributed by atoms with Crippen LogP contribution in [0.25, 0.3) is 0 Å². The number of ether oxygens (including phenoxy) is 1. The highest BCUT2D eigenvalue weighted by atomic mass is 16.5. The molecule has 1 rings (SSSR count). The van der Waals surface area contributed by atoms with Crippen molar-refractivity contribution in [2.75, 3.05) is 51.4 Å². The van der Waals surface area contributed by atoms with Gasteiger partial charge >= 0.3 is 0 Å². The molecule has 0 fully saturated rings. The quantitative estimate of drug-likeness (QED) is 0.689. The average molecular weight is 267 g/mol. The zero-order valence-corrected chi connectivity index (χ0v) is 12.3. The van der Waals surface area contributed by atoms with Crippen molar-refractivity contribution in [2.24, 2.45) is 0 Å². The van der Waals surface area contributed by atoms with E-state index < -0.39 is 0 Å². The molecular formula is C13H25N5O. The van der Waals surface area contributed by atoms with Crippen LogP contribution in [0.1, 0.15) is 25.3 Å². The first-order valence-electron chi connectivity index (χ1n) is 6.59. The molecule has 0 aliphatic heterocycles. The minimum atomic E-state index is 0.290. The number of nitrogens with two attached hydrogens (primary N) is 1. The van der Waals surface area contributed by atoms with Crippen LogP contribution in [-0.2, 0) is 4.74 Å². The van der Waals surface area contributed by atoms with E-state index in [2.05, 4.69) is 34.0 Å². The van der Waals surface area contributed by atoms with E-state index in [0.717, 1.165) is 24.5 Å². The Labute approximate surface area is 115 Å². The maximum Gasteiger partial charge on any atom is 0.135 e. The molecule has 0 saturated heterocycles. The van der Waals surface area contributed by atoms with Crippen molar-refractivity contribution in [3.05, 3.63) is 11.9 Å². The first-order valence-corrected chi connectivity index (χ1v) is 6.59. The smallest absolute Gasteiger partial charge is 0.135 e. The fourth-order valence-corrected chi connectivity index (χ4v) is 1.71. The van der Waals surface area contributed by atoms with E-state index in [4.69, 9.17) is 10.5 Å². The second-order valence-electron chi connectivity index (χ2n) is 5.02. The summed E-state index contributed by atoms with van der Waals surface area (Å²) < 4.78 is 5.52. The Kier molecular flexibility index (Phi) is 6.52. The van der Waals surface area contributed by atoms with Crippen LogP contribution in [0, 0.1) is 0 Å². The molecule has 0 saturated carbocycles. The zero-order chi connectivity index (χ0) is 14.3. The summed E-state index contributed by atoms with van der Waals surface area (Å²) in [5.74, 6) is 1.64. The zero-order valence-electron chi connectivity index (χ0n) is 12.3. The molecule has 19 heavy (non-hydrogen) atoms. The SMILES string of the molecule is CC(C)c1c(N)ncnc1NCCOCCN(C)C. The summed E-state index contributed by atoms with van der Waals surface area (Å²) in [7, 11) is 4.06. The van der Waals surface area contributed by atoms with E-state index in [1.807, 2.05) is 14.1 Å². The molecule has 1 heterocycles. The van der Waals surface area contributed by atoms with Crippen molar-refractivity contribution in [3.63, 3.8) is 0 Å². The topological polar surface area (TPSA) is 76.3 Å². The van der Waals surface area contributed by atoms with E-state index in [9.17, 15) is 0 Å². The lowest BCUT2D eigenvalue weighted by Crippen LogP contribution is -2.20. The fourth-order valence-electron chi connectivity index (χ4n) is 1.71. The molecule has 3 N–H and O–H groups in total. The van der Waals surface area contributed by atoms with Crippen molar-refractivity contribution in [1.82, 2.24) is 14.9 Å². The van der Waals surface area contributed by atoms with Gasteiger partial charge in [-0.2, -0.15) is 0 Å². The predicted octanol–water partition coefficient (Wildman–Crippen LogP) is 1.17. The molecule has 108 valence electrons. The summed E-state index contributed by atoms with van der Waals surface area (Å²) in [5, 5.41) is 3.25. The molecule has 0 unspecified atom stereocenters. The molecule has 0 aliphatic carbocycles. The van der Waals surface area contributed by atoms with Crippen molar-refractivity contribution < 1.29 is 4.74 Å². The van der Waals surface area contributed by atoms with Crippen LogP contribution in [-0.4, -0.2) is 55.3 Å². The lowest BCUT2D eigenvalue weighted by molar-refractivity contribution is 0.126. The first-order chi connectivity index (χ1) is 9.02. The molecule has 1 aromatic heterocycles. The molecule has 6 heteroatoms. The molecule has 0 amide bonds. The highest BCUT2D eigenvalue weighted by molar-refractivity contribution is 5.56. The third kappa shape index (κ3) is 5.40. The summed E-state index contributed by atoms with van der Waals surface area (Å²) in [6.45, 7) is 7.18. The second kappa shape index (κ2) is 7.91. The summed E-state index contributed by atoms with van der Waals surface area (Å²) in [6, 6.07) is 0. The van der Waals surface area contributed by atoms with Gasteiger partial charge in [0, 0.05) is 18.7 Å². The van der Waals surface area contributed by atoms with E-state index >= 15 is 0 Å². The van der Waals surface area contributed by atoms with Crippen molar-refractivity contribution >= 4 is 11.6 Å². The molecule has 0 bridgehead atoms. The lowest BCUT2D eigenvalue weighted by atomic mass is 10.0. The van der Waals surface area contributed by atoms with E-state index in [1.165, 1.54) is 6.33 Å². The number of aromatic nitrogens is 2. The van der Waals surface area contributed by atoms with Crippen molar-refractivity contribution in [3.8, 4) is 0 Å². The highest BCUT2D eigenvalue weighted by Crippen LogP contribution is 2.25. The van der Waals surface area contributed by atoms with Gasteiger partial charge in [-0.1, -0.05) is 13.8 Å². The van der Waals surface area contributed by atoms with Gasteiger partial charge in [-0.25, -0.2) is 9.97 Å². The number of rotatable bonds is 8. The van der Waals surface area contributed by atoms with Crippen molar-refractivity contribution in [2.45, 2.75) is 19.8 Å². The third-order valence-electron chi connectivity index (χ3n) is 2.71. The number of hydrogen-bond acceptors (Lipinski definition) is 6. The van der Waals surface area contributed by atoms with E-state index in [-0.39, 0.29) is 0 Å². The van der Waals surface area contributed by atoms with Crippen LogP contribution in [0.4, 0.5) is 11.6 Å². The summed E-state index contributed by atoms with van der Waals surface area (Å²) in [6.07, 6.45) is 1.48. The molecular weight excluding hydrogens is 242 g/mol. The van der Waals surface area contributed by atoms with Gasteiger partial charge < -0.3 is 20.7 Å². The van der Waals surface area contributed by atoms with Crippen molar-refractivity contribution in [1.29, 1.82) is 0 Å². The molecule has 0 aromatic carbocycles. The maximum atomic E-state index is 5.88. The number of nitrogen functional groups attached to an aromatic ring is 1. The normalized spacial score (nSPS) is 11.3. The maximum absolute atomic E-state index is 5.88. The van der Waals surface area contributed by atoms with Gasteiger partial charge in [-0.05, 0) is 20.0 Å². The molecule has 0 spiro atoms. The van der Waals surface area contributed by atoms with Crippen LogP contribution in [0.3, 0.4) is 0 Å². The van der Waals surface area contributed by atoms with E-state index in [0.29, 0.717) is 24.9 Å². The first kappa shape index (κ1) is 15.7. The highest BCUT2D eigenvalue weighted by Gasteiger charge is 2.12. The fraction of sp³-hybridized carbons (Fsp3) is 0.692. The summed E-state index contributed by atoms with van der Waals surface area (Å²) in [4.78, 5) is 10.4. The lowest BCUT2D eigenvalue weighted by Gasteiger charge is -2.15. The van der Waals surface area contributed by atoms with E-state index in [1.54, 1.807) is 0 Å². The standard InChI is InChI=1S/C13H25N5O/c1-10(2)11-12(14)16-9-17-13(11)15-5-7-19-8-6-18(3)4/h9-10H,5-8H2,1-4H3,(H3,14,15,16,17). The Hall–Kier alpha value is -1.40. The Morgan fingerprint density at radius 1 is 1.32 bits per heavy atom. The number of hydrogen-bond donors (Lipinski definition) is 2. The van der Waals surface area contributed by atoms with Gasteiger partial charge in [0.05, 0.1) is 13.2 Å². The average Bonchev–Trinajstić information content (AvgIpc) is 2.32. The predicted molar refractivity (Wildman–Crippen MR) is 78.4 cm³/mol. The second-order valence-corrected chi connectivity index (χ2v) is 5.02. The number of nitrogens with zero attached hydrogens (tertiary/aromatic N) is 3. The Bertz CT molecular complexity index is 381. The molecule has 1 aromatic rings. The minimum absolute atomic E-state index is 0.290. The minimum Gasteiger partial charge on any atom is -0.383 e. The number of anilines is 2. The van der Waals surface area contributed by atoms with Crippen LogP contribution < -0.4 is 11.1 Å². The summed E-state index contributed by atoms with van der Waals surface area (Å²) in [5.41, 5.74) is 6.85. The van der Waals surface area contributed by atoms with Gasteiger partial charge in [0.15, 0.2) is 0 Å². The largest absolute Gasteiger partial charge is 0.383 e. The van der Waals surface area contributed by atoms with Gasteiger partial charge in [-0.15, -0.1) is 0 Å². The number of nitrogens with one attached hydrogen (secondary N) is 1. The third-order valence-corrected chi connectivity index (χ3v) is 2.71. The van der Waals surface area contributed by atoms with Gasteiger partial charge in [0.2, 0.25) is 0 Å². The van der Waals surface area contributed by atoms with Crippen LogP contribution in [0.15, 0.2) is 6.33 Å². The molecule has 0 atom stereocenters. The number of likely N-dealkylation sites (N-methyl/N-ethyl adjacent to an activating group) is 1. The molecule has 6 nitrogen and oxygen atoms in total. The van der Waals surface area contributed by atoms with Gasteiger partial charge in [0.25, 0.3) is 0 Å². The molecule has 0 aliphatic rings. The monoisotopic (exact) mass is 267 g/mol. The summed E-state index contributed by atoms with van der Waals surface area (Å²) >= 11 is 0. The Morgan fingerprint density at radius 2 is 2.05 bits per heavy atom. The van der Waals surface area contributed by atoms with Crippen LogP contribution in [0.2, 0.25) is 0 Å². The van der Waals surface area contributed by atoms with Crippen LogP contribution in [0.5, 0.6) is 0 Å². The van der Waals surface area contributed by atoms with Gasteiger partial charge in [0.1, 0.15) is 18.0 Å². The van der Waals surface area contributed by atoms with Crippen LogP contribution >= 0.6 is 0 Å². The van der Waals surface area contributed by atoms with Gasteiger partial charge in [-0.3, -0.25) is 0 Å².